The van der Waals surface area contributed by atoms with Crippen LogP contribution in [0, 0.1) is 12.8 Å². The van der Waals surface area contributed by atoms with Gasteiger partial charge in [-0.3, -0.25) is 9.58 Å². The Morgan fingerprint density at radius 1 is 1.22 bits per heavy atom. The van der Waals surface area contributed by atoms with E-state index in [0.29, 0.717) is 37.2 Å². The zero-order valence-electron chi connectivity index (χ0n) is 20.2. The van der Waals surface area contributed by atoms with Gasteiger partial charge < -0.3 is 15.2 Å². The Morgan fingerprint density at radius 2 is 2.06 bits per heavy atom. The number of likely N-dealkylation sites (tertiary alicyclic amines) is 1. The molecule has 0 unspecified atom stereocenters. The van der Waals surface area contributed by atoms with Crippen molar-refractivity contribution in [1.29, 1.82) is 0 Å². The molecule has 3 aromatic rings. The Kier molecular flexibility index (Phi) is 5.29. The first-order valence-corrected chi connectivity index (χ1v) is 13.2. The number of piperidine rings is 1. The highest BCUT2D eigenvalue weighted by molar-refractivity contribution is 6.32. The van der Waals surface area contributed by atoms with Crippen molar-refractivity contribution in [2.45, 2.75) is 62.4 Å². The third-order valence-electron chi connectivity index (χ3n) is 8.87. The summed E-state index contributed by atoms with van der Waals surface area (Å²) in [6, 6.07) is 3.60. The zero-order valence-corrected chi connectivity index (χ0v) is 21.0. The number of hydrogen-bond donors (Lipinski definition) is 2. The summed E-state index contributed by atoms with van der Waals surface area (Å²) in [5.41, 5.74) is 3.73. The molecule has 2 bridgehead atoms. The molecule has 1 aromatic carbocycles. The van der Waals surface area contributed by atoms with Crippen LogP contribution in [0.5, 0.6) is 0 Å². The Hall–Kier alpha value is -2.33. The first-order valence-electron chi connectivity index (χ1n) is 12.8. The van der Waals surface area contributed by atoms with Gasteiger partial charge in [0.05, 0.1) is 54.0 Å². The summed E-state index contributed by atoms with van der Waals surface area (Å²) in [6.07, 6.45) is 6.26. The normalized spacial score (nSPS) is 33.9. The summed E-state index contributed by atoms with van der Waals surface area (Å²) < 4.78 is 22.9. The summed E-state index contributed by atoms with van der Waals surface area (Å²) >= 11 is 6.62. The van der Waals surface area contributed by atoms with Crippen molar-refractivity contribution in [3.05, 3.63) is 40.8 Å². The number of nitrogens with one attached hydrogen (secondary N) is 1. The molecule has 3 aliphatic carbocycles. The predicted octanol–water partition coefficient (Wildman–Crippen LogP) is 3.93. The van der Waals surface area contributed by atoms with Gasteiger partial charge in [-0.15, -0.1) is 0 Å². The summed E-state index contributed by atoms with van der Waals surface area (Å²) in [7, 11) is 0. The number of benzene rings is 1. The van der Waals surface area contributed by atoms with E-state index in [2.05, 4.69) is 27.0 Å². The second-order valence-corrected chi connectivity index (χ2v) is 11.5. The van der Waals surface area contributed by atoms with Gasteiger partial charge in [0.1, 0.15) is 6.17 Å². The lowest BCUT2D eigenvalue weighted by atomic mass is 9.50. The molecule has 3 saturated carbocycles. The van der Waals surface area contributed by atoms with E-state index in [1.54, 1.807) is 6.20 Å². The Labute approximate surface area is 213 Å². The van der Waals surface area contributed by atoms with Crippen LogP contribution in [0.1, 0.15) is 42.9 Å². The molecule has 10 heteroatoms. The highest BCUT2D eigenvalue weighted by Crippen LogP contribution is 2.62. The minimum atomic E-state index is -1.09. The predicted molar refractivity (Wildman–Crippen MR) is 135 cm³/mol. The van der Waals surface area contributed by atoms with Gasteiger partial charge >= 0.3 is 0 Å². The summed E-state index contributed by atoms with van der Waals surface area (Å²) in [5.74, 6) is 1.05. The van der Waals surface area contributed by atoms with Gasteiger partial charge in [-0.2, -0.15) is 5.10 Å². The molecular weight excluding hydrogens is 483 g/mol. The van der Waals surface area contributed by atoms with E-state index in [1.807, 2.05) is 23.2 Å². The SMILES string of the molecule is Cc1c(Nc2ncc3cc(Cl)c([C@@H]4CCN([C@H]5COC[C@H]5O)C[C@H]4F)cc3n2)cnn1C12CC(C1)C2. The number of ether oxygens (including phenoxy) is 1. The minimum absolute atomic E-state index is 0.139. The molecule has 0 spiro atoms. The van der Waals surface area contributed by atoms with Crippen LogP contribution in [0.15, 0.2) is 24.5 Å². The lowest BCUT2D eigenvalue weighted by Crippen LogP contribution is -2.60. The molecule has 190 valence electrons. The van der Waals surface area contributed by atoms with Crippen LogP contribution < -0.4 is 5.32 Å². The van der Waals surface area contributed by atoms with Crippen LogP contribution >= 0.6 is 11.6 Å². The van der Waals surface area contributed by atoms with Crippen molar-refractivity contribution in [2.24, 2.45) is 5.92 Å². The molecule has 4 atom stereocenters. The number of hydrogen-bond acceptors (Lipinski definition) is 7. The summed E-state index contributed by atoms with van der Waals surface area (Å²) in [6.45, 7) is 3.79. The molecule has 2 aromatic heterocycles. The van der Waals surface area contributed by atoms with Crippen molar-refractivity contribution in [2.75, 3.05) is 31.6 Å². The molecule has 5 aliphatic rings. The molecule has 36 heavy (non-hydrogen) atoms. The topological polar surface area (TPSA) is 88.3 Å². The van der Waals surface area contributed by atoms with Crippen molar-refractivity contribution >= 4 is 34.1 Å². The van der Waals surface area contributed by atoms with Gasteiger partial charge in [-0.05, 0) is 62.8 Å². The van der Waals surface area contributed by atoms with Crippen LogP contribution in [-0.2, 0) is 10.3 Å². The summed E-state index contributed by atoms with van der Waals surface area (Å²) in [4.78, 5) is 11.2. The van der Waals surface area contributed by atoms with E-state index in [0.717, 1.165) is 33.8 Å². The third-order valence-corrected chi connectivity index (χ3v) is 9.20. The molecule has 0 radical (unpaired) electrons. The average molecular weight is 513 g/mol. The molecule has 5 fully saturated rings. The van der Waals surface area contributed by atoms with Gasteiger partial charge in [0, 0.05) is 29.1 Å². The Bertz CT molecular complexity index is 1320. The molecular formula is C26H30ClFN6O2. The number of aliphatic hydroxyl groups is 1. The summed E-state index contributed by atoms with van der Waals surface area (Å²) in [5, 5.41) is 19.5. The van der Waals surface area contributed by atoms with Crippen molar-refractivity contribution in [1.82, 2.24) is 24.6 Å². The maximum absolute atomic E-state index is 15.4. The Morgan fingerprint density at radius 3 is 2.75 bits per heavy atom. The van der Waals surface area contributed by atoms with E-state index < -0.39 is 12.3 Å². The molecule has 2 saturated heterocycles. The van der Waals surface area contributed by atoms with E-state index >= 15 is 4.39 Å². The van der Waals surface area contributed by atoms with Crippen molar-refractivity contribution < 1.29 is 14.2 Å². The molecule has 8 rings (SSSR count). The second kappa shape index (κ2) is 8.34. The van der Waals surface area contributed by atoms with Crippen LogP contribution in [-0.4, -0.2) is 74.4 Å². The molecule has 2 N–H and O–H groups in total. The molecule has 8 nitrogen and oxygen atoms in total. The fourth-order valence-electron chi connectivity index (χ4n) is 6.70. The van der Waals surface area contributed by atoms with Crippen LogP contribution in [0.25, 0.3) is 10.9 Å². The molecule has 2 aliphatic heterocycles. The van der Waals surface area contributed by atoms with Crippen molar-refractivity contribution in [3.63, 3.8) is 0 Å². The highest BCUT2D eigenvalue weighted by atomic mass is 35.5. The third kappa shape index (κ3) is 3.55. The van der Waals surface area contributed by atoms with Gasteiger partial charge in [-0.25, -0.2) is 14.4 Å². The Balaban J connectivity index is 1.12. The molecule has 4 heterocycles. The number of halogens is 2. The van der Waals surface area contributed by atoms with Gasteiger partial charge in [0.2, 0.25) is 5.95 Å². The first kappa shape index (κ1) is 22.8. The van der Waals surface area contributed by atoms with E-state index in [9.17, 15) is 5.11 Å². The number of aromatic nitrogens is 4. The highest BCUT2D eigenvalue weighted by Gasteiger charge is 2.59. The average Bonchev–Trinajstić information content (AvgIpc) is 3.38. The standard InChI is InChI=1S/C26H30ClFN6O2/c1-14-22(10-30-34(14)26-6-15(7-26)8-26)32-25-29-9-16-4-19(27)18(5-21(16)31-25)17-2-3-33(11-20(17)28)23-12-36-13-24(23)35/h4-5,9-10,15,17,20,23-24,35H,2-3,6-8,11-13H2,1H3,(H,29,31,32)/t15?,17-,20+,23-,24+,26?/m0/s1. The van der Waals surface area contributed by atoms with Gasteiger partial charge in [-0.1, -0.05) is 11.6 Å². The maximum atomic E-state index is 15.4. The van der Waals surface area contributed by atoms with Gasteiger partial charge in [0.15, 0.2) is 0 Å². The van der Waals surface area contributed by atoms with E-state index in [1.165, 1.54) is 19.3 Å². The number of nitrogens with zero attached hydrogens (tertiary/aromatic N) is 5. The fraction of sp³-hybridized carbons (Fsp3) is 0.577. The number of fused-ring (bicyclic) bond motifs is 1. The van der Waals surface area contributed by atoms with Crippen LogP contribution in [0.2, 0.25) is 5.02 Å². The smallest absolute Gasteiger partial charge is 0.227 e. The van der Waals surface area contributed by atoms with E-state index in [-0.39, 0.29) is 24.0 Å². The monoisotopic (exact) mass is 512 g/mol. The zero-order chi connectivity index (χ0) is 24.6. The lowest BCUT2D eigenvalue weighted by Gasteiger charge is -2.61. The fourth-order valence-corrected chi connectivity index (χ4v) is 7.01. The van der Waals surface area contributed by atoms with E-state index in [4.69, 9.17) is 21.3 Å². The number of anilines is 2. The number of aliphatic hydroxyl groups excluding tert-OH is 1. The van der Waals surface area contributed by atoms with Crippen LogP contribution in [0.4, 0.5) is 16.0 Å². The first-order chi connectivity index (χ1) is 17.4. The van der Waals surface area contributed by atoms with Crippen LogP contribution in [0.3, 0.4) is 0 Å². The quantitative estimate of drug-likeness (QED) is 0.535. The van der Waals surface area contributed by atoms with Crippen molar-refractivity contribution in [3.8, 4) is 0 Å². The second-order valence-electron chi connectivity index (χ2n) is 11.1. The van der Waals surface area contributed by atoms with Gasteiger partial charge in [0.25, 0.3) is 0 Å². The number of alkyl halides is 1. The lowest BCUT2D eigenvalue weighted by molar-refractivity contribution is -0.0990. The minimum Gasteiger partial charge on any atom is -0.389 e. The number of rotatable bonds is 5. The molecule has 0 amide bonds. The maximum Gasteiger partial charge on any atom is 0.227 e. The largest absolute Gasteiger partial charge is 0.389 e.